The number of carbonyl (C=O) groups excluding carboxylic acids is 1. The summed E-state index contributed by atoms with van der Waals surface area (Å²) in [7, 11) is 4.02. The van der Waals surface area contributed by atoms with Crippen molar-refractivity contribution in [3.8, 4) is 21.8 Å². The molecule has 2 heterocycles. The third-order valence-corrected chi connectivity index (χ3v) is 8.97. The van der Waals surface area contributed by atoms with Crippen molar-refractivity contribution in [1.29, 1.82) is 0 Å². The number of amides is 1. The van der Waals surface area contributed by atoms with Crippen LogP contribution in [0.25, 0.3) is 32.7 Å². The average molecular weight is 577 g/mol. The molecule has 0 bridgehead atoms. The van der Waals surface area contributed by atoms with Gasteiger partial charge < -0.3 is 15.5 Å². The molecule has 42 heavy (non-hydrogen) atoms. The standard InChI is InChI=1S/C34H36N6OS/c1-40(2)32-27-15-9-10-16-28(27)37-34(39-32)36-26-19-17-23(18-20-26)22-35-30(41)21-29-31(24-11-5-3-6-12-24)38-33(42-29)25-13-7-4-8-14-25/h3-16,23,26H,17-22H2,1-2H3,(H,35,41)(H,36,37,39)/t23-,26+. The Morgan fingerprint density at radius 2 is 1.50 bits per heavy atom. The monoisotopic (exact) mass is 576 g/mol. The van der Waals surface area contributed by atoms with Crippen molar-refractivity contribution in [2.24, 2.45) is 5.92 Å². The van der Waals surface area contributed by atoms with E-state index in [-0.39, 0.29) is 5.91 Å². The molecular formula is C34H36N6OS. The van der Waals surface area contributed by atoms with E-state index in [0.29, 0.717) is 30.9 Å². The Hall–Kier alpha value is -4.30. The Balaban J connectivity index is 1.05. The lowest BCUT2D eigenvalue weighted by atomic mass is 9.86. The zero-order valence-corrected chi connectivity index (χ0v) is 24.9. The van der Waals surface area contributed by atoms with E-state index >= 15 is 0 Å². The van der Waals surface area contributed by atoms with Crippen LogP contribution in [0.1, 0.15) is 30.6 Å². The molecule has 1 aliphatic rings. The second-order valence-corrected chi connectivity index (χ2v) is 12.2. The van der Waals surface area contributed by atoms with E-state index in [1.54, 1.807) is 11.3 Å². The third-order valence-electron chi connectivity index (χ3n) is 7.86. The van der Waals surface area contributed by atoms with Gasteiger partial charge in [-0.15, -0.1) is 11.3 Å². The fraction of sp³-hybridized carbons (Fsp3) is 0.294. The molecule has 0 atom stereocenters. The zero-order chi connectivity index (χ0) is 28.9. The van der Waals surface area contributed by atoms with E-state index in [9.17, 15) is 4.79 Å². The Morgan fingerprint density at radius 1 is 0.833 bits per heavy atom. The topological polar surface area (TPSA) is 83.0 Å². The summed E-state index contributed by atoms with van der Waals surface area (Å²) in [5, 5.41) is 8.80. The van der Waals surface area contributed by atoms with Gasteiger partial charge in [0.25, 0.3) is 0 Å². The van der Waals surface area contributed by atoms with Crippen molar-refractivity contribution in [1.82, 2.24) is 20.3 Å². The SMILES string of the molecule is CN(C)c1nc(N[C@H]2CC[C@@H](CNC(=O)Cc3sc(-c4ccccc4)nc3-c3ccccc3)CC2)nc2ccccc12. The first-order chi connectivity index (χ1) is 20.5. The number of benzene rings is 3. The van der Waals surface area contributed by atoms with E-state index in [1.165, 1.54) is 0 Å². The number of nitrogens with one attached hydrogen (secondary N) is 2. The van der Waals surface area contributed by atoms with Crippen LogP contribution in [0.4, 0.5) is 11.8 Å². The van der Waals surface area contributed by atoms with Crippen molar-refractivity contribution in [2.75, 3.05) is 30.9 Å². The van der Waals surface area contributed by atoms with Gasteiger partial charge in [-0.2, -0.15) is 4.98 Å². The highest BCUT2D eigenvalue weighted by molar-refractivity contribution is 7.15. The smallest absolute Gasteiger partial charge is 0.225 e. The number of thiazole rings is 1. The molecule has 5 aromatic rings. The molecule has 6 rings (SSSR count). The molecule has 2 aromatic heterocycles. The first-order valence-corrected chi connectivity index (χ1v) is 15.4. The molecule has 0 saturated heterocycles. The molecule has 1 fully saturated rings. The molecule has 0 spiro atoms. The summed E-state index contributed by atoms with van der Waals surface area (Å²) in [5.74, 6) is 2.13. The van der Waals surface area contributed by atoms with Gasteiger partial charge in [0.2, 0.25) is 11.9 Å². The molecule has 1 aliphatic carbocycles. The lowest BCUT2D eigenvalue weighted by molar-refractivity contribution is -0.120. The summed E-state index contributed by atoms with van der Waals surface area (Å²) >= 11 is 1.61. The highest BCUT2D eigenvalue weighted by atomic mass is 32.1. The van der Waals surface area contributed by atoms with E-state index in [1.807, 2.05) is 73.6 Å². The fourth-order valence-electron chi connectivity index (χ4n) is 5.62. The van der Waals surface area contributed by atoms with Gasteiger partial charge in [-0.1, -0.05) is 72.8 Å². The largest absolute Gasteiger partial charge is 0.362 e. The van der Waals surface area contributed by atoms with Crippen molar-refractivity contribution < 1.29 is 4.79 Å². The summed E-state index contributed by atoms with van der Waals surface area (Å²) in [6.07, 6.45) is 4.50. The van der Waals surface area contributed by atoms with Gasteiger partial charge >= 0.3 is 0 Å². The second-order valence-electron chi connectivity index (χ2n) is 11.1. The van der Waals surface area contributed by atoms with Crippen LogP contribution in [0.3, 0.4) is 0 Å². The van der Waals surface area contributed by atoms with Gasteiger partial charge in [-0.25, -0.2) is 9.97 Å². The normalized spacial score (nSPS) is 16.7. The molecular weight excluding hydrogens is 540 g/mol. The zero-order valence-electron chi connectivity index (χ0n) is 24.1. The van der Waals surface area contributed by atoms with Crippen LogP contribution in [0.5, 0.6) is 0 Å². The van der Waals surface area contributed by atoms with Crippen molar-refractivity contribution in [3.63, 3.8) is 0 Å². The Morgan fingerprint density at radius 3 is 2.21 bits per heavy atom. The molecule has 0 unspecified atom stereocenters. The van der Waals surface area contributed by atoms with Gasteiger partial charge in [-0.3, -0.25) is 4.79 Å². The van der Waals surface area contributed by atoms with E-state index < -0.39 is 0 Å². The number of nitrogens with zero attached hydrogens (tertiary/aromatic N) is 4. The molecule has 1 saturated carbocycles. The number of hydrogen-bond acceptors (Lipinski definition) is 7. The summed E-state index contributed by atoms with van der Waals surface area (Å²) in [6.45, 7) is 0.702. The van der Waals surface area contributed by atoms with Gasteiger partial charge in [0.15, 0.2) is 0 Å². The van der Waals surface area contributed by atoms with Crippen molar-refractivity contribution >= 4 is 39.9 Å². The minimum Gasteiger partial charge on any atom is -0.362 e. The Kier molecular flexibility index (Phi) is 8.42. The number of fused-ring (bicyclic) bond motifs is 1. The first kappa shape index (κ1) is 27.8. The number of anilines is 2. The van der Waals surface area contributed by atoms with Gasteiger partial charge in [0.05, 0.1) is 17.6 Å². The molecule has 214 valence electrons. The quantitative estimate of drug-likeness (QED) is 0.200. The Labute approximate surface area is 251 Å². The van der Waals surface area contributed by atoms with Crippen LogP contribution >= 0.6 is 11.3 Å². The summed E-state index contributed by atoms with van der Waals surface area (Å²) in [4.78, 5) is 30.7. The summed E-state index contributed by atoms with van der Waals surface area (Å²) < 4.78 is 0. The summed E-state index contributed by atoms with van der Waals surface area (Å²) in [5.41, 5.74) is 3.96. The number of carbonyl (C=O) groups is 1. The number of para-hydroxylation sites is 1. The van der Waals surface area contributed by atoms with Crippen LogP contribution in [-0.4, -0.2) is 47.5 Å². The van der Waals surface area contributed by atoms with Crippen LogP contribution in [0.2, 0.25) is 0 Å². The molecule has 0 aliphatic heterocycles. The van der Waals surface area contributed by atoms with E-state index in [2.05, 4.69) is 41.0 Å². The molecule has 3 aromatic carbocycles. The minimum absolute atomic E-state index is 0.0523. The van der Waals surface area contributed by atoms with Crippen LogP contribution in [0.15, 0.2) is 84.9 Å². The van der Waals surface area contributed by atoms with Gasteiger partial charge in [-0.05, 0) is 43.7 Å². The maximum atomic E-state index is 13.1. The van der Waals surface area contributed by atoms with Crippen molar-refractivity contribution in [2.45, 2.75) is 38.1 Å². The molecule has 8 heteroatoms. The Bertz CT molecular complexity index is 1650. The lowest BCUT2D eigenvalue weighted by Gasteiger charge is -2.29. The predicted molar refractivity (Wildman–Crippen MR) is 173 cm³/mol. The second kappa shape index (κ2) is 12.7. The molecule has 2 N–H and O–H groups in total. The van der Waals surface area contributed by atoms with Crippen LogP contribution in [-0.2, 0) is 11.2 Å². The maximum absolute atomic E-state index is 13.1. The predicted octanol–water partition coefficient (Wildman–Crippen LogP) is 6.82. The van der Waals surface area contributed by atoms with Gasteiger partial charge in [0.1, 0.15) is 10.8 Å². The van der Waals surface area contributed by atoms with Crippen LogP contribution in [0, 0.1) is 5.92 Å². The highest BCUT2D eigenvalue weighted by Crippen LogP contribution is 2.34. The van der Waals surface area contributed by atoms with Gasteiger partial charge in [0, 0.05) is 48.1 Å². The van der Waals surface area contributed by atoms with E-state index in [4.69, 9.17) is 15.0 Å². The van der Waals surface area contributed by atoms with Crippen molar-refractivity contribution in [3.05, 3.63) is 89.8 Å². The van der Waals surface area contributed by atoms with E-state index in [0.717, 1.165) is 69.1 Å². The molecule has 0 radical (unpaired) electrons. The highest BCUT2D eigenvalue weighted by Gasteiger charge is 2.23. The maximum Gasteiger partial charge on any atom is 0.225 e. The average Bonchev–Trinajstić information content (AvgIpc) is 3.45. The summed E-state index contributed by atoms with van der Waals surface area (Å²) in [6, 6.07) is 28.8. The number of rotatable bonds is 9. The number of aromatic nitrogens is 3. The fourth-order valence-corrected chi connectivity index (χ4v) is 6.71. The minimum atomic E-state index is 0.0523. The molecule has 1 amide bonds. The first-order valence-electron chi connectivity index (χ1n) is 14.6. The molecule has 7 nitrogen and oxygen atoms in total. The lowest BCUT2D eigenvalue weighted by Crippen LogP contribution is -2.34. The third kappa shape index (κ3) is 6.44. The number of hydrogen-bond donors (Lipinski definition) is 2. The van der Waals surface area contributed by atoms with Crippen LogP contribution < -0.4 is 15.5 Å².